The van der Waals surface area contributed by atoms with Gasteiger partial charge in [-0.3, -0.25) is 4.98 Å². The molecule has 2 rings (SSSR count). The van der Waals surface area contributed by atoms with Crippen LogP contribution in [0.25, 0.3) is 0 Å². The molecule has 0 saturated carbocycles. The van der Waals surface area contributed by atoms with Gasteiger partial charge in [-0.1, -0.05) is 6.07 Å². The van der Waals surface area contributed by atoms with Gasteiger partial charge in [0, 0.05) is 18.0 Å². The third-order valence-corrected chi connectivity index (χ3v) is 2.31. The van der Waals surface area contributed by atoms with Crippen molar-refractivity contribution < 1.29 is 8.78 Å². The van der Waals surface area contributed by atoms with E-state index in [-0.39, 0.29) is 0 Å². The maximum atomic E-state index is 12.9. The van der Waals surface area contributed by atoms with E-state index in [2.05, 4.69) is 10.3 Å². The molecule has 0 atom stereocenters. The smallest absolute Gasteiger partial charge is 0.128 e. The van der Waals surface area contributed by atoms with E-state index in [0.717, 1.165) is 17.3 Å². The summed E-state index contributed by atoms with van der Waals surface area (Å²) in [6, 6.07) is 7.15. The molecule has 0 amide bonds. The van der Waals surface area contributed by atoms with Crippen molar-refractivity contribution in [3.05, 3.63) is 59.4 Å². The van der Waals surface area contributed by atoms with E-state index in [1.165, 1.54) is 12.1 Å². The Morgan fingerprint density at radius 2 is 1.82 bits per heavy atom. The van der Waals surface area contributed by atoms with Crippen molar-refractivity contribution in [1.29, 1.82) is 0 Å². The van der Waals surface area contributed by atoms with E-state index >= 15 is 0 Å². The van der Waals surface area contributed by atoms with Crippen LogP contribution in [0.3, 0.4) is 0 Å². The van der Waals surface area contributed by atoms with Crippen molar-refractivity contribution in [2.45, 2.75) is 13.5 Å². The Morgan fingerprint density at radius 3 is 2.41 bits per heavy atom. The van der Waals surface area contributed by atoms with Gasteiger partial charge in [0.1, 0.15) is 11.6 Å². The highest BCUT2D eigenvalue weighted by molar-refractivity contribution is 5.43. The third-order valence-electron chi connectivity index (χ3n) is 2.31. The van der Waals surface area contributed by atoms with Gasteiger partial charge in [0.05, 0.1) is 12.2 Å². The SMILES string of the molecule is Cc1ccc(CNc2cc(F)cc(F)c2)nc1. The predicted octanol–water partition coefficient (Wildman–Crippen LogP) is 3.28. The molecule has 0 radical (unpaired) electrons. The Balaban J connectivity index is 2.04. The lowest BCUT2D eigenvalue weighted by Crippen LogP contribution is -2.02. The van der Waals surface area contributed by atoms with Crippen molar-refractivity contribution in [2.24, 2.45) is 0 Å². The molecule has 1 aromatic heterocycles. The summed E-state index contributed by atoms with van der Waals surface area (Å²) >= 11 is 0. The number of pyridine rings is 1. The summed E-state index contributed by atoms with van der Waals surface area (Å²) in [7, 11) is 0. The molecular formula is C13H12F2N2. The number of aryl methyl sites for hydroxylation is 1. The second-order valence-electron chi connectivity index (χ2n) is 3.84. The number of rotatable bonds is 3. The minimum Gasteiger partial charge on any atom is -0.379 e. The highest BCUT2D eigenvalue weighted by Crippen LogP contribution is 2.13. The summed E-state index contributed by atoms with van der Waals surface area (Å²) in [6.45, 7) is 2.38. The normalized spacial score (nSPS) is 10.3. The second kappa shape index (κ2) is 4.91. The van der Waals surface area contributed by atoms with Crippen LogP contribution in [0.1, 0.15) is 11.3 Å². The number of hydrogen-bond acceptors (Lipinski definition) is 2. The summed E-state index contributed by atoms with van der Waals surface area (Å²) in [5.41, 5.74) is 2.30. The lowest BCUT2D eigenvalue weighted by Gasteiger charge is -2.06. The molecule has 1 aromatic carbocycles. The zero-order valence-electron chi connectivity index (χ0n) is 9.37. The van der Waals surface area contributed by atoms with E-state index < -0.39 is 11.6 Å². The number of nitrogens with zero attached hydrogens (tertiary/aromatic N) is 1. The fraction of sp³-hybridized carbons (Fsp3) is 0.154. The molecule has 0 unspecified atom stereocenters. The Morgan fingerprint density at radius 1 is 1.12 bits per heavy atom. The topological polar surface area (TPSA) is 24.9 Å². The van der Waals surface area contributed by atoms with Gasteiger partial charge in [0.15, 0.2) is 0 Å². The molecule has 4 heteroatoms. The van der Waals surface area contributed by atoms with E-state index in [0.29, 0.717) is 12.2 Å². The number of benzene rings is 1. The van der Waals surface area contributed by atoms with Crippen LogP contribution >= 0.6 is 0 Å². The zero-order chi connectivity index (χ0) is 12.3. The monoisotopic (exact) mass is 234 g/mol. The van der Waals surface area contributed by atoms with Crippen LogP contribution in [0.4, 0.5) is 14.5 Å². The van der Waals surface area contributed by atoms with Gasteiger partial charge in [-0.15, -0.1) is 0 Å². The van der Waals surface area contributed by atoms with E-state index in [9.17, 15) is 8.78 Å². The van der Waals surface area contributed by atoms with Gasteiger partial charge in [-0.25, -0.2) is 8.78 Å². The van der Waals surface area contributed by atoms with Crippen LogP contribution in [-0.4, -0.2) is 4.98 Å². The maximum absolute atomic E-state index is 12.9. The summed E-state index contributed by atoms with van der Waals surface area (Å²) in [6.07, 6.45) is 1.75. The van der Waals surface area contributed by atoms with Gasteiger partial charge >= 0.3 is 0 Å². The average Bonchev–Trinajstić information content (AvgIpc) is 2.27. The minimum atomic E-state index is -0.593. The van der Waals surface area contributed by atoms with Crippen molar-refractivity contribution in [3.63, 3.8) is 0 Å². The molecule has 0 fully saturated rings. The lowest BCUT2D eigenvalue weighted by atomic mass is 10.2. The zero-order valence-corrected chi connectivity index (χ0v) is 9.37. The molecule has 1 N–H and O–H groups in total. The molecule has 0 saturated heterocycles. The fourth-order valence-corrected chi connectivity index (χ4v) is 1.45. The second-order valence-corrected chi connectivity index (χ2v) is 3.84. The van der Waals surface area contributed by atoms with Gasteiger partial charge in [0.25, 0.3) is 0 Å². The first-order valence-corrected chi connectivity index (χ1v) is 5.25. The molecule has 0 aliphatic carbocycles. The first kappa shape index (κ1) is 11.5. The highest BCUT2D eigenvalue weighted by atomic mass is 19.1. The van der Waals surface area contributed by atoms with Gasteiger partial charge in [-0.2, -0.15) is 0 Å². The van der Waals surface area contributed by atoms with Crippen LogP contribution in [-0.2, 0) is 6.54 Å². The standard InChI is InChI=1S/C13H12F2N2/c1-9-2-3-12(16-7-9)8-17-13-5-10(14)4-11(15)6-13/h2-7,17H,8H2,1H3. The lowest BCUT2D eigenvalue weighted by molar-refractivity contribution is 0.584. The van der Waals surface area contributed by atoms with Crippen LogP contribution in [0, 0.1) is 18.6 Å². The van der Waals surface area contributed by atoms with Gasteiger partial charge in [-0.05, 0) is 30.7 Å². The molecule has 1 heterocycles. The number of aromatic nitrogens is 1. The highest BCUT2D eigenvalue weighted by Gasteiger charge is 2.00. The van der Waals surface area contributed by atoms with Gasteiger partial charge in [0.2, 0.25) is 0 Å². The summed E-state index contributed by atoms with van der Waals surface area (Å²) in [5, 5.41) is 2.92. The van der Waals surface area contributed by atoms with Crippen molar-refractivity contribution in [3.8, 4) is 0 Å². The third kappa shape index (κ3) is 3.24. The Bertz CT molecular complexity index is 489. The van der Waals surface area contributed by atoms with E-state index in [1.54, 1.807) is 6.20 Å². The van der Waals surface area contributed by atoms with Crippen LogP contribution in [0.2, 0.25) is 0 Å². The molecule has 0 bridgehead atoms. The molecule has 2 aromatic rings. The average molecular weight is 234 g/mol. The molecule has 17 heavy (non-hydrogen) atoms. The quantitative estimate of drug-likeness (QED) is 0.881. The number of halogens is 2. The molecule has 0 spiro atoms. The van der Waals surface area contributed by atoms with E-state index in [4.69, 9.17) is 0 Å². The van der Waals surface area contributed by atoms with Crippen molar-refractivity contribution in [2.75, 3.05) is 5.32 Å². The Hall–Kier alpha value is -1.97. The maximum Gasteiger partial charge on any atom is 0.128 e. The van der Waals surface area contributed by atoms with E-state index in [1.807, 2.05) is 19.1 Å². The molecule has 0 aliphatic heterocycles. The van der Waals surface area contributed by atoms with Crippen molar-refractivity contribution >= 4 is 5.69 Å². The fourth-order valence-electron chi connectivity index (χ4n) is 1.45. The predicted molar refractivity (Wildman–Crippen MR) is 62.7 cm³/mol. The van der Waals surface area contributed by atoms with Crippen LogP contribution in [0.5, 0.6) is 0 Å². The molecule has 0 aliphatic rings. The number of anilines is 1. The molecular weight excluding hydrogens is 222 g/mol. The van der Waals surface area contributed by atoms with Gasteiger partial charge < -0.3 is 5.32 Å². The van der Waals surface area contributed by atoms with Crippen molar-refractivity contribution in [1.82, 2.24) is 4.98 Å². The molecule has 88 valence electrons. The first-order valence-electron chi connectivity index (χ1n) is 5.25. The Kier molecular flexibility index (Phi) is 3.32. The molecule has 2 nitrogen and oxygen atoms in total. The summed E-state index contributed by atoms with van der Waals surface area (Å²) < 4.78 is 25.8. The number of hydrogen-bond donors (Lipinski definition) is 1. The first-order chi connectivity index (χ1) is 8.13. The number of nitrogens with one attached hydrogen (secondary N) is 1. The van der Waals surface area contributed by atoms with Crippen LogP contribution in [0.15, 0.2) is 36.5 Å². The largest absolute Gasteiger partial charge is 0.379 e. The van der Waals surface area contributed by atoms with Crippen LogP contribution < -0.4 is 5.32 Å². The minimum absolute atomic E-state index is 0.407. The summed E-state index contributed by atoms with van der Waals surface area (Å²) in [5.74, 6) is -1.19. The summed E-state index contributed by atoms with van der Waals surface area (Å²) in [4.78, 5) is 4.19. The Labute approximate surface area is 98.3 Å².